The molecule has 1 aromatic rings. The number of likely N-dealkylation sites (tertiary alicyclic amines) is 1. The van der Waals surface area contributed by atoms with Gasteiger partial charge in [-0.2, -0.15) is 0 Å². The number of hydrogen-bond donors (Lipinski definition) is 1. The zero-order chi connectivity index (χ0) is 20.8. The van der Waals surface area contributed by atoms with Crippen LogP contribution >= 0.6 is 15.9 Å². The molecule has 1 atom stereocenters. The van der Waals surface area contributed by atoms with Gasteiger partial charge in [0.1, 0.15) is 5.92 Å². The van der Waals surface area contributed by atoms with Crippen LogP contribution in [0.1, 0.15) is 25.7 Å². The maximum absolute atomic E-state index is 12.9. The van der Waals surface area contributed by atoms with Gasteiger partial charge in [0.05, 0.1) is 0 Å². The number of carbonyl (C=O) groups is 3. The average molecular weight is 466 g/mol. The maximum atomic E-state index is 12.9. The molecule has 0 radical (unpaired) electrons. The molecule has 1 aromatic carbocycles. The number of carbonyl (C=O) groups excluding carboxylic acids is 3. The van der Waals surface area contributed by atoms with E-state index < -0.39 is 5.92 Å². The molecule has 0 spiro atoms. The first-order chi connectivity index (χ1) is 14.0. The summed E-state index contributed by atoms with van der Waals surface area (Å²) >= 11 is 3.42. The molecule has 1 unspecified atom stereocenters. The largest absolute Gasteiger partial charge is 0.385 e. The number of methoxy groups -OCH3 is 1. The number of piperidine rings is 1. The topological polar surface area (TPSA) is 79.0 Å². The second kappa shape index (κ2) is 10.2. The summed E-state index contributed by atoms with van der Waals surface area (Å²) < 4.78 is 5.88. The molecule has 3 rings (SSSR count). The number of nitrogens with zero attached hydrogens (tertiary/aromatic N) is 2. The van der Waals surface area contributed by atoms with Crippen LogP contribution in [0, 0.1) is 11.8 Å². The van der Waals surface area contributed by atoms with Crippen molar-refractivity contribution < 1.29 is 19.1 Å². The number of halogens is 1. The Labute approximate surface area is 179 Å². The van der Waals surface area contributed by atoms with Crippen LogP contribution in [0.4, 0.5) is 5.69 Å². The molecule has 0 bridgehead atoms. The monoisotopic (exact) mass is 465 g/mol. The van der Waals surface area contributed by atoms with E-state index in [0.717, 1.165) is 16.6 Å². The van der Waals surface area contributed by atoms with E-state index in [4.69, 9.17) is 4.74 Å². The molecule has 2 saturated heterocycles. The normalized spacial score (nSPS) is 20.2. The molecule has 29 heavy (non-hydrogen) atoms. The van der Waals surface area contributed by atoms with Gasteiger partial charge in [-0.1, -0.05) is 22.0 Å². The highest BCUT2D eigenvalue weighted by atomic mass is 79.9. The minimum Gasteiger partial charge on any atom is -0.385 e. The highest BCUT2D eigenvalue weighted by Gasteiger charge is 2.40. The SMILES string of the molecule is COCCCNC(=O)C1CCN(C(=O)C2CCN(c3cccc(Br)c3)C2=O)CC1. The minimum absolute atomic E-state index is 0.0472. The van der Waals surface area contributed by atoms with E-state index in [1.807, 2.05) is 24.3 Å². The van der Waals surface area contributed by atoms with Crippen molar-refractivity contribution in [2.45, 2.75) is 25.7 Å². The Bertz CT molecular complexity index is 749. The predicted molar refractivity (Wildman–Crippen MR) is 113 cm³/mol. The molecule has 158 valence electrons. The van der Waals surface area contributed by atoms with Crippen molar-refractivity contribution in [1.82, 2.24) is 10.2 Å². The Morgan fingerprint density at radius 3 is 2.66 bits per heavy atom. The third-order valence-electron chi connectivity index (χ3n) is 5.63. The number of hydrogen-bond acceptors (Lipinski definition) is 4. The van der Waals surface area contributed by atoms with Gasteiger partial charge in [-0.25, -0.2) is 0 Å². The first kappa shape index (κ1) is 21.8. The van der Waals surface area contributed by atoms with E-state index in [-0.39, 0.29) is 23.6 Å². The summed E-state index contributed by atoms with van der Waals surface area (Å²) in [5, 5.41) is 2.93. The van der Waals surface area contributed by atoms with E-state index in [9.17, 15) is 14.4 Å². The molecule has 0 aromatic heterocycles. The molecular formula is C21H28BrN3O4. The highest BCUT2D eigenvalue weighted by Crippen LogP contribution is 2.29. The lowest BCUT2D eigenvalue weighted by Crippen LogP contribution is -2.46. The molecule has 1 N–H and O–H groups in total. The number of rotatable bonds is 7. The summed E-state index contributed by atoms with van der Waals surface area (Å²) in [6.45, 7) is 2.82. The van der Waals surface area contributed by atoms with Crippen LogP contribution in [-0.4, -0.2) is 62.5 Å². The van der Waals surface area contributed by atoms with Gasteiger partial charge >= 0.3 is 0 Å². The fourth-order valence-electron chi connectivity index (χ4n) is 3.96. The van der Waals surface area contributed by atoms with E-state index >= 15 is 0 Å². The zero-order valence-corrected chi connectivity index (χ0v) is 18.3. The van der Waals surface area contributed by atoms with Crippen molar-refractivity contribution in [2.24, 2.45) is 11.8 Å². The summed E-state index contributed by atoms with van der Waals surface area (Å²) in [4.78, 5) is 41.5. The first-order valence-corrected chi connectivity index (χ1v) is 10.9. The Morgan fingerprint density at radius 2 is 1.97 bits per heavy atom. The van der Waals surface area contributed by atoms with Gasteiger partial charge in [-0.3, -0.25) is 14.4 Å². The van der Waals surface area contributed by atoms with E-state index in [1.165, 1.54) is 0 Å². The van der Waals surface area contributed by atoms with Gasteiger partial charge in [0, 0.05) is 56.0 Å². The predicted octanol–water partition coefficient (Wildman–Crippen LogP) is 2.19. The van der Waals surface area contributed by atoms with E-state index in [2.05, 4.69) is 21.2 Å². The average Bonchev–Trinajstić information content (AvgIpc) is 3.12. The fourth-order valence-corrected chi connectivity index (χ4v) is 4.35. The molecule has 2 fully saturated rings. The number of anilines is 1. The van der Waals surface area contributed by atoms with Crippen LogP contribution in [0.5, 0.6) is 0 Å². The van der Waals surface area contributed by atoms with E-state index in [0.29, 0.717) is 52.0 Å². The molecule has 3 amide bonds. The molecule has 8 heteroatoms. The molecular weight excluding hydrogens is 438 g/mol. The van der Waals surface area contributed by atoms with Crippen LogP contribution in [0.3, 0.4) is 0 Å². The van der Waals surface area contributed by atoms with Gasteiger partial charge in [0.25, 0.3) is 0 Å². The third kappa shape index (κ3) is 5.36. The van der Waals surface area contributed by atoms with Gasteiger partial charge in [0.15, 0.2) is 0 Å². The van der Waals surface area contributed by atoms with Gasteiger partial charge < -0.3 is 19.9 Å². The van der Waals surface area contributed by atoms with Crippen molar-refractivity contribution in [3.05, 3.63) is 28.7 Å². The van der Waals surface area contributed by atoms with Crippen molar-refractivity contribution in [3.63, 3.8) is 0 Å². The Kier molecular flexibility index (Phi) is 7.66. The molecule has 0 aliphatic carbocycles. The number of amides is 3. The van der Waals surface area contributed by atoms with Crippen LogP contribution in [0.2, 0.25) is 0 Å². The van der Waals surface area contributed by atoms with Crippen LogP contribution in [-0.2, 0) is 19.1 Å². The Morgan fingerprint density at radius 1 is 1.21 bits per heavy atom. The van der Waals surface area contributed by atoms with Gasteiger partial charge in [-0.15, -0.1) is 0 Å². The summed E-state index contributed by atoms with van der Waals surface area (Å²) in [5.41, 5.74) is 0.809. The second-order valence-electron chi connectivity index (χ2n) is 7.55. The Balaban J connectivity index is 1.49. The fraction of sp³-hybridized carbons (Fsp3) is 0.571. The van der Waals surface area contributed by atoms with Crippen molar-refractivity contribution in [2.75, 3.05) is 44.8 Å². The third-order valence-corrected chi connectivity index (χ3v) is 6.12. The van der Waals surface area contributed by atoms with Gasteiger partial charge in [-0.05, 0) is 43.9 Å². The summed E-state index contributed by atoms with van der Waals surface area (Å²) in [5.74, 6) is -0.879. The summed E-state index contributed by atoms with van der Waals surface area (Å²) in [6, 6.07) is 7.56. The molecule has 7 nitrogen and oxygen atoms in total. The molecule has 2 heterocycles. The standard InChI is InChI=1S/C21H28BrN3O4/c1-29-13-3-9-23-19(26)15-6-10-24(11-7-15)20(27)18-8-12-25(21(18)28)17-5-2-4-16(22)14-17/h2,4-5,14-15,18H,3,6-13H2,1H3,(H,23,26). The van der Waals surface area contributed by atoms with Crippen molar-refractivity contribution in [3.8, 4) is 0 Å². The lowest BCUT2D eigenvalue weighted by Gasteiger charge is -2.32. The zero-order valence-electron chi connectivity index (χ0n) is 16.7. The van der Waals surface area contributed by atoms with E-state index in [1.54, 1.807) is 16.9 Å². The lowest BCUT2D eigenvalue weighted by molar-refractivity contribution is -0.142. The number of nitrogens with one attached hydrogen (secondary N) is 1. The molecule has 2 aliphatic rings. The number of benzene rings is 1. The molecule has 0 saturated carbocycles. The first-order valence-electron chi connectivity index (χ1n) is 10.1. The van der Waals surface area contributed by atoms with Crippen molar-refractivity contribution >= 4 is 39.3 Å². The smallest absolute Gasteiger partial charge is 0.239 e. The van der Waals surface area contributed by atoms with Crippen LogP contribution in [0.15, 0.2) is 28.7 Å². The molecule has 2 aliphatic heterocycles. The van der Waals surface area contributed by atoms with Gasteiger partial charge in [0.2, 0.25) is 17.7 Å². The van der Waals surface area contributed by atoms with Crippen molar-refractivity contribution in [1.29, 1.82) is 0 Å². The second-order valence-corrected chi connectivity index (χ2v) is 8.46. The minimum atomic E-state index is -0.617. The maximum Gasteiger partial charge on any atom is 0.239 e. The highest BCUT2D eigenvalue weighted by molar-refractivity contribution is 9.10. The quantitative estimate of drug-likeness (QED) is 0.494. The summed E-state index contributed by atoms with van der Waals surface area (Å²) in [6.07, 6.45) is 2.60. The number of ether oxygens (including phenoxy) is 1. The summed E-state index contributed by atoms with van der Waals surface area (Å²) in [7, 11) is 1.64. The lowest BCUT2D eigenvalue weighted by atomic mass is 9.94. The van der Waals surface area contributed by atoms with Crippen LogP contribution in [0.25, 0.3) is 0 Å². The Hall–Kier alpha value is -1.93. The van der Waals surface area contributed by atoms with Crippen LogP contribution < -0.4 is 10.2 Å².